The number of carbonyl (C=O) groups is 1. The third kappa shape index (κ3) is 3.14. The lowest BCUT2D eigenvalue weighted by atomic mass is 10.2. The van der Waals surface area contributed by atoms with E-state index < -0.39 is 5.91 Å². The predicted molar refractivity (Wildman–Crippen MR) is 53.8 cm³/mol. The van der Waals surface area contributed by atoms with E-state index in [0.29, 0.717) is 0 Å². The molecule has 0 spiro atoms. The fraction of sp³-hybridized carbons (Fsp3) is 0.300. The molecule has 0 aliphatic carbocycles. The number of carbonyl (C=O) groups excluding carboxylic acids is 1. The number of nitrogens with one attached hydrogen (secondary N) is 1. The number of phenols is 2. The van der Waals surface area contributed by atoms with Crippen molar-refractivity contribution in [2.75, 3.05) is 6.61 Å². The fourth-order valence-electron chi connectivity index (χ4n) is 1.08. The molecule has 1 atom stereocenters. The van der Waals surface area contributed by atoms with Gasteiger partial charge in [-0.2, -0.15) is 0 Å². The molecule has 0 fully saturated rings. The minimum absolute atomic E-state index is 0.146. The Labute approximate surface area is 87.0 Å². The molecule has 1 aromatic carbocycles. The van der Waals surface area contributed by atoms with E-state index in [1.807, 2.05) is 0 Å². The maximum atomic E-state index is 11.5. The van der Waals surface area contributed by atoms with Crippen molar-refractivity contribution < 1.29 is 20.1 Å². The lowest BCUT2D eigenvalue weighted by Crippen LogP contribution is -2.34. The predicted octanol–water partition coefficient (Wildman–Crippen LogP) is 0.208. The standard InChI is InChI=1S/C10H13NO4/c1-6(5-12)11-10(15)7-2-8(13)4-9(14)3-7/h2-4,6,12-14H,5H2,1H3,(H,11,15). The van der Waals surface area contributed by atoms with E-state index in [1.165, 1.54) is 12.1 Å². The molecule has 1 amide bonds. The Morgan fingerprint density at radius 3 is 2.33 bits per heavy atom. The Bertz CT molecular complexity index is 344. The third-order valence-electron chi connectivity index (χ3n) is 1.82. The number of hydrogen-bond acceptors (Lipinski definition) is 4. The molecule has 0 aliphatic rings. The van der Waals surface area contributed by atoms with Gasteiger partial charge in [0.05, 0.1) is 6.61 Å². The Kier molecular flexibility index (Phi) is 3.51. The zero-order valence-corrected chi connectivity index (χ0v) is 8.27. The van der Waals surface area contributed by atoms with Crippen molar-refractivity contribution in [2.24, 2.45) is 0 Å². The van der Waals surface area contributed by atoms with E-state index in [4.69, 9.17) is 15.3 Å². The molecule has 82 valence electrons. The van der Waals surface area contributed by atoms with Gasteiger partial charge in [-0.15, -0.1) is 0 Å². The largest absolute Gasteiger partial charge is 0.508 e. The van der Waals surface area contributed by atoms with Crippen LogP contribution < -0.4 is 5.32 Å². The highest BCUT2D eigenvalue weighted by atomic mass is 16.3. The van der Waals surface area contributed by atoms with Gasteiger partial charge in [-0.05, 0) is 19.1 Å². The average molecular weight is 211 g/mol. The fourth-order valence-corrected chi connectivity index (χ4v) is 1.08. The molecule has 5 heteroatoms. The second kappa shape index (κ2) is 4.65. The summed E-state index contributed by atoms with van der Waals surface area (Å²) < 4.78 is 0. The van der Waals surface area contributed by atoms with Crippen LogP contribution in [-0.2, 0) is 0 Å². The van der Waals surface area contributed by atoms with Gasteiger partial charge in [0, 0.05) is 17.7 Å². The summed E-state index contributed by atoms with van der Waals surface area (Å²) in [5.41, 5.74) is 0.146. The van der Waals surface area contributed by atoms with Crippen molar-refractivity contribution in [3.63, 3.8) is 0 Å². The number of aliphatic hydroxyl groups excluding tert-OH is 1. The number of phenolic OH excluding ortho intramolecular Hbond substituents is 2. The number of rotatable bonds is 3. The summed E-state index contributed by atoms with van der Waals surface area (Å²) in [4.78, 5) is 11.5. The van der Waals surface area contributed by atoms with Crippen LogP contribution in [-0.4, -0.2) is 33.9 Å². The number of amides is 1. The highest BCUT2D eigenvalue weighted by Gasteiger charge is 2.10. The summed E-state index contributed by atoms with van der Waals surface area (Å²) in [6.45, 7) is 1.47. The minimum atomic E-state index is -0.456. The first-order chi connectivity index (χ1) is 7.02. The number of aromatic hydroxyl groups is 2. The molecule has 0 aromatic heterocycles. The summed E-state index contributed by atoms with van der Waals surface area (Å²) in [6, 6.07) is 3.23. The first-order valence-electron chi connectivity index (χ1n) is 4.47. The van der Waals surface area contributed by atoms with Gasteiger partial charge >= 0.3 is 0 Å². The van der Waals surface area contributed by atoms with Gasteiger partial charge in [-0.1, -0.05) is 0 Å². The first-order valence-corrected chi connectivity index (χ1v) is 4.47. The van der Waals surface area contributed by atoms with Gasteiger partial charge < -0.3 is 20.6 Å². The third-order valence-corrected chi connectivity index (χ3v) is 1.82. The van der Waals surface area contributed by atoms with E-state index in [-0.39, 0.29) is 29.7 Å². The smallest absolute Gasteiger partial charge is 0.251 e. The Morgan fingerprint density at radius 1 is 1.33 bits per heavy atom. The summed E-state index contributed by atoms with van der Waals surface area (Å²) in [6.07, 6.45) is 0. The van der Waals surface area contributed by atoms with Gasteiger partial charge in [0.1, 0.15) is 11.5 Å². The van der Waals surface area contributed by atoms with Crippen molar-refractivity contribution in [3.05, 3.63) is 23.8 Å². The van der Waals surface area contributed by atoms with Crippen molar-refractivity contribution >= 4 is 5.91 Å². The van der Waals surface area contributed by atoms with E-state index >= 15 is 0 Å². The van der Waals surface area contributed by atoms with Gasteiger partial charge in [0.25, 0.3) is 5.91 Å². The van der Waals surface area contributed by atoms with Crippen LogP contribution in [0.1, 0.15) is 17.3 Å². The van der Waals surface area contributed by atoms with Crippen LogP contribution >= 0.6 is 0 Å². The van der Waals surface area contributed by atoms with Crippen LogP contribution in [0.3, 0.4) is 0 Å². The van der Waals surface area contributed by atoms with Gasteiger partial charge in [-0.3, -0.25) is 4.79 Å². The molecule has 0 radical (unpaired) electrons. The van der Waals surface area contributed by atoms with Crippen LogP contribution in [0.15, 0.2) is 18.2 Å². The molecule has 1 aromatic rings. The second-order valence-corrected chi connectivity index (χ2v) is 3.30. The first kappa shape index (κ1) is 11.3. The summed E-state index contributed by atoms with van der Waals surface area (Å²) >= 11 is 0. The molecule has 0 heterocycles. The van der Waals surface area contributed by atoms with Crippen molar-refractivity contribution in [3.8, 4) is 11.5 Å². The monoisotopic (exact) mass is 211 g/mol. The molecular weight excluding hydrogens is 198 g/mol. The zero-order chi connectivity index (χ0) is 11.4. The summed E-state index contributed by atoms with van der Waals surface area (Å²) in [7, 11) is 0. The maximum absolute atomic E-state index is 11.5. The molecule has 0 bridgehead atoms. The number of hydrogen-bond donors (Lipinski definition) is 4. The Balaban J connectivity index is 2.82. The van der Waals surface area contributed by atoms with Crippen LogP contribution in [0, 0.1) is 0 Å². The molecule has 0 aliphatic heterocycles. The molecular formula is C10H13NO4. The molecule has 5 nitrogen and oxygen atoms in total. The molecule has 0 saturated heterocycles. The molecule has 4 N–H and O–H groups in total. The summed E-state index contributed by atoms with van der Waals surface area (Å²) in [5.74, 6) is -0.823. The van der Waals surface area contributed by atoms with Crippen LogP contribution in [0.5, 0.6) is 11.5 Å². The molecule has 1 unspecified atom stereocenters. The quantitative estimate of drug-likeness (QED) is 0.575. The van der Waals surface area contributed by atoms with E-state index in [0.717, 1.165) is 6.07 Å². The molecule has 0 saturated carbocycles. The topological polar surface area (TPSA) is 89.8 Å². The lowest BCUT2D eigenvalue weighted by Gasteiger charge is -2.10. The Hall–Kier alpha value is -1.75. The lowest BCUT2D eigenvalue weighted by molar-refractivity contribution is 0.0921. The van der Waals surface area contributed by atoms with E-state index in [9.17, 15) is 4.79 Å². The van der Waals surface area contributed by atoms with Gasteiger partial charge in [0.15, 0.2) is 0 Å². The SMILES string of the molecule is CC(CO)NC(=O)c1cc(O)cc(O)c1. The number of aliphatic hydroxyl groups is 1. The highest BCUT2D eigenvalue weighted by molar-refractivity contribution is 5.95. The second-order valence-electron chi connectivity index (χ2n) is 3.30. The number of benzene rings is 1. The van der Waals surface area contributed by atoms with E-state index in [2.05, 4.69) is 5.32 Å². The minimum Gasteiger partial charge on any atom is -0.508 e. The molecule has 1 rings (SSSR count). The summed E-state index contributed by atoms with van der Waals surface area (Å²) in [5, 5.41) is 29.5. The van der Waals surface area contributed by atoms with Crippen LogP contribution in [0.25, 0.3) is 0 Å². The van der Waals surface area contributed by atoms with Crippen molar-refractivity contribution in [2.45, 2.75) is 13.0 Å². The van der Waals surface area contributed by atoms with Crippen molar-refractivity contribution in [1.29, 1.82) is 0 Å². The van der Waals surface area contributed by atoms with Crippen molar-refractivity contribution in [1.82, 2.24) is 5.32 Å². The Morgan fingerprint density at radius 2 is 1.87 bits per heavy atom. The van der Waals surface area contributed by atoms with E-state index in [1.54, 1.807) is 6.92 Å². The average Bonchev–Trinajstić information content (AvgIpc) is 2.16. The van der Waals surface area contributed by atoms with Gasteiger partial charge in [0.2, 0.25) is 0 Å². The molecule has 15 heavy (non-hydrogen) atoms. The van der Waals surface area contributed by atoms with Crippen LogP contribution in [0.4, 0.5) is 0 Å². The highest BCUT2D eigenvalue weighted by Crippen LogP contribution is 2.20. The normalized spacial score (nSPS) is 12.1. The maximum Gasteiger partial charge on any atom is 0.251 e. The van der Waals surface area contributed by atoms with Gasteiger partial charge in [-0.25, -0.2) is 0 Å². The van der Waals surface area contributed by atoms with Crippen LogP contribution in [0.2, 0.25) is 0 Å². The zero-order valence-electron chi connectivity index (χ0n) is 8.27.